The summed E-state index contributed by atoms with van der Waals surface area (Å²) in [6, 6.07) is 67.1. The topological polar surface area (TPSA) is 12.0 Å². The molecule has 0 amide bonds. The van der Waals surface area contributed by atoms with Crippen LogP contribution in [0.4, 0.5) is 11.4 Å². The predicted octanol–water partition coefficient (Wildman–Crippen LogP) is 13.5. The number of fused-ring (bicyclic) bond motifs is 13. The first-order chi connectivity index (χ1) is 25.3. The molecule has 9 aromatic rings. The highest BCUT2D eigenvalue weighted by atomic mass is 32.1. The number of nitrogens with one attached hydrogen (secondary N) is 1. The molecule has 1 nitrogen and oxygen atoms in total. The van der Waals surface area contributed by atoms with Crippen molar-refractivity contribution in [1.29, 1.82) is 0 Å². The van der Waals surface area contributed by atoms with E-state index in [0.717, 1.165) is 11.4 Å². The van der Waals surface area contributed by atoms with Crippen molar-refractivity contribution in [3.63, 3.8) is 0 Å². The Kier molecular flexibility index (Phi) is 6.11. The van der Waals surface area contributed by atoms with Crippen LogP contribution in [-0.4, -0.2) is 0 Å². The van der Waals surface area contributed by atoms with Crippen molar-refractivity contribution >= 4 is 42.9 Å². The average Bonchev–Trinajstić information content (AvgIpc) is 3.83. The molecule has 0 saturated heterocycles. The minimum atomic E-state index is -0.351. The first-order valence-electron chi connectivity index (χ1n) is 17.6. The zero-order valence-corrected chi connectivity index (χ0v) is 28.5. The molecule has 238 valence electrons. The molecule has 2 aliphatic carbocycles. The van der Waals surface area contributed by atoms with Gasteiger partial charge in [0.05, 0.1) is 5.41 Å². The summed E-state index contributed by atoms with van der Waals surface area (Å²) in [6.07, 6.45) is 0. The number of anilines is 2. The van der Waals surface area contributed by atoms with Gasteiger partial charge in [-0.3, -0.25) is 0 Å². The van der Waals surface area contributed by atoms with Gasteiger partial charge in [-0.15, -0.1) is 11.3 Å². The van der Waals surface area contributed by atoms with E-state index in [9.17, 15) is 0 Å². The molecule has 2 heteroatoms. The highest BCUT2D eigenvalue weighted by molar-refractivity contribution is 7.26. The summed E-state index contributed by atoms with van der Waals surface area (Å²) in [5.41, 5.74) is 17.4. The van der Waals surface area contributed by atoms with Gasteiger partial charge in [-0.25, -0.2) is 0 Å². The Hall–Kier alpha value is -6.22. The van der Waals surface area contributed by atoms with Crippen molar-refractivity contribution < 1.29 is 0 Å². The molecule has 0 unspecified atom stereocenters. The molecule has 0 aliphatic heterocycles. The van der Waals surface area contributed by atoms with E-state index < -0.39 is 0 Å². The molecule has 0 bridgehead atoms. The SMILES string of the molecule is c1cc(Nc2cccc3c2-c2ccccc2C32c3ccccc3-c3ccccc32)cc(-c2cccc(-c3cccc4c3sc3ccccc34)c2)c1. The maximum atomic E-state index is 3.90. The van der Waals surface area contributed by atoms with E-state index in [0.29, 0.717) is 0 Å². The Morgan fingerprint density at radius 1 is 0.392 bits per heavy atom. The summed E-state index contributed by atoms with van der Waals surface area (Å²) in [7, 11) is 0. The molecule has 1 heterocycles. The lowest BCUT2D eigenvalue weighted by Crippen LogP contribution is -2.25. The van der Waals surface area contributed by atoms with Crippen molar-refractivity contribution in [3.05, 3.63) is 204 Å². The van der Waals surface area contributed by atoms with Gasteiger partial charge in [0.15, 0.2) is 0 Å². The number of hydrogen-bond donors (Lipinski definition) is 1. The van der Waals surface area contributed by atoms with Gasteiger partial charge in [-0.05, 0) is 91.5 Å². The third-order valence-electron chi connectivity index (χ3n) is 11.1. The van der Waals surface area contributed by atoms with Crippen molar-refractivity contribution in [2.45, 2.75) is 5.41 Å². The lowest BCUT2D eigenvalue weighted by Gasteiger charge is -2.30. The number of hydrogen-bond acceptors (Lipinski definition) is 2. The van der Waals surface area contributed by atoms with Gasteiger partial charge in [0.2, 0.25) is 0 Å². The van der Waals surface area contributed by atoms with Gasteiger partial charge in [0, 0.05) is 37.1 Å². The Morgan fingerprint density at radius 2 is 0.941 bits per heavy atom. The molecule has 1 spiro atoms. The summed E-state index contributed by atoms with van der Waals surface area (Å²) in [5, 5.41) is 6.55. The van der Waals surface area contributed by atoms with Gasteiger partial charge in [0.25, 0.3) is 0 Å². The molecule has 0 atom stereocenters. The molecule has 8 aromatic carbocycles. The van der Waals surface area contributed by atoms with Crippen molar-refractivity contribution in [2.75, 3.05) is 5.32 Å². The Balaban J connectivity index is 1.01. The zero-order chi connectivity index (χ0) is 33.5. The van der Waals surface area contributed by atoms with Crippen molar-refractivity contribution in [1.82, 2.24) is 0 Å². The summed E-state index contributed by atoms with van der Waals surface area (Å²) >= 11 is 1.88. The minimum absolute atomic E-state index is 0.351. The lowest BCUT2D eigenvalue weighted by atomic mass is 9.70. The van der Waals surface area contributed by atoms with Crippen LogP contribution >= 0.6 is 11.3 Å². The first-order valence-corrected chi connectivity index (χ1v) is 18.4. The lowest BCUT2D eigenvalue weighted by molar-refractivity contribution is 0.794. The summed E-state index contributed by atoms with van der Waals surface area (Å²) in [5.74, 6) is 0. The van der Waals surface area contributed by atoms with Gasteiger partial charge < -0.3 is 5.32 Å². The quantitative estimate of drug-likeness (QED) is 0.197. The standard InChI is InChI=1S/C49H31NS/c1-5-23-41-36(17-1)37-18-2-6-24-42(37)49(41)43-25-7-3-20-40(43)47-44(49)26-12-27-45(47)50-34-16-10-14-32(30-34)31-13-9-15-33(29-31)35-21-11-22-39-38-19-4-8-28-46(38)51-48(35)39/h1-30,50H. The first kappa shape index (κ1) is 28.6. The van der Waals surface area contributed by atoms with E-state index in [1.54, 1.807) is 0 Å². The molecule has 0 radical (unpaired) electrons. The molecule has 0 saturated carbocycles. The molecular formula is C49H31NS. The van der Waals surface area contributed by atoms with Crippen molar-refractivity contribution in [2.24, 2.45) is 0 Å². The average molecular weight is 666 g/mol. The van der Waals surface area contributed by atoms with Crippen LogP contribution in [0.1, 0.15) is 22.3 Å². The second-order valence-corrected chi connectivity index (χ2v) is 14.7. The highest BCUT2D eigenvalue weighted by Crippen LogP contribution is 2.63. The van der Waals surface area contributed by atoms with Crippen LogP contribution in [-0.2, 0) is 5.41 Å². The van der Waals surface area contributed by atoms with Gasteiger partial charge >= 0.3 is 0 Å². The maximum Gasteiger partial charge on any atom is 0.0726 e. The molecular weight excluding hydrogens is 635 g/mol. The van der Waals surface area contributed by atoms with Crippen LogP contribution in [0.5, 0.6) is 0 Å². The Labute approximate surface area is 301 Å². The summed E-state index contributed by atoms with van der Waals surface area (Å²) in [4.78, 5) is 0. The predicted molar refractivity (Wildman–Crippen MR) is 216 cm³/mol. The fraction of sp³-hybridized carbons (Fsp3) is 0.0204. The molecule has 51 heavy (non-hydrogen) atoms. The fourth-order valence-electron chi connectivity index (χ4n) is 9.02. The Morgan fingerprint density at radius 3 is 1.75 bits per heavy atom. The molecule has 0 fully saturated rings. The zero-order valence-electron chi connectivity index (χ0n) is 27.7. The van der Waals surface area contributed by atoms with Crippen LogP contribution in [0, 0.1) is 0 Å². The molecule has 1 aromatic heterocycles. The maximum absolute atomic E-state index is 3.90. The van der Waals surface area contributed by atoms with Crippen LogP contribution in [0.2, 0.25) is 0 Å². The van der Waals surface area contributed by atoms with Crippen LogP contribution < -0.4 is 5.32 Å². The highest BCUT2D eigenvalue weighted by Gasteiger charge is 2.51. The van der Waals surface area contributed by atoms with Crippen LogP contribution in [0.15, 0.2) is 182 Å². The molecule has 11 rings (SSSR count). The Bertz CT molecular complexity index is 2810. The third-order valence-corrected chi connectivity index (χ3v) is 12.3. The number of benzene rings is 8. The second-order valence-electron chi connectivity index (χ2n) is 13.7. The van der Waals surface area contributed by atoms with E-state index in [1.807, 2.05) is 11.3 Å². The summed E-state index contributed by atoms with van der Waals surface area (Å²) < 4.78 is 2.67. The summed E-state index contributed by atoms with van der Waals surface area (Å²) in [6.45, 7) is 0. The monoisotopic (exact) mass is 665 g/mol. The van der Waals surface area contributed by atoms with E-state index in [-0.39, 0.29) is 5.41 Å². The number of rotatable bonds is 4. The molecule has 1 N–H and O–H groups in total. The second kappa shape index (κ2) is 10.9. The van der Waals surface area contributed by atoms with Crippen molar-refractivity contribution in [3.8, 4) is 44.5 Å². The van der Waals surface area contributed by atoms with E-state index >= 15 is 0 Å². The largest absolute Gasteiger partial charge is 0.355 e. The fourth-order valence-corrected chi connectivity index (χ4v) is 10.3. The van der Waals surface area contributed by atoms with E-state index in [4.69, 9.17) is 0 Å². The van der Waals surface area contributed by atoms with Gasteiger partial charge in [0.1, 0.15) is 0 Å². The van der Waals surface area contributed by atoms with Gasteiger partial charge in [-0.2, -0.15) is 0 Å². The van der Waals surface area contributed by atoms with E-state index in [1.165, 1.54) is 86.9 Å². The van der Waals surface area contributed by atoms with Gasteiger partial charge in [-0.1, -0.05) is 152 Å². The normalized spacial score (nSPS) is 13.3. The number of thiophene rings is 1. The van der Waals surface area contributed by atoms with E-state index in [2.05, 4.69) is 187 Å². The third kappa shape index (κ3) is 4.03. The van der Waals surface area contributed by atoms with Crippen LogP contribution in [0.25, 0.3) is 64.7 Å². The smallest absolute Gasteiger partial charge is 0.0726 e. The molecule has 2 aliphatic rings. The minimum Gasteiger partial charge on any atom is -0.355 e. The van der Waals surface area contributed by atoms with Crippen LogP contribution in [0.3, 0.4) is 0 Å².